The summed E-state index contributed by atoms with van der Waals surface area (Å²) in [5, 5.41) is 2.88. The molecule has 0 radical (unpaired) electrons. The van der Waals surface area contributed by atoms with Crippen LogP contribution in [0.5, 0.6) is 5.75 Å². The Kier molecular flexibility index (Phi) is 7.37. The maximum Gasteiger partial charge on any atom is 0.344 e. The van der Waals surface area contributed by atoms with Crippen molar-refractivity contribution >= 4 is 11.9 Å². The number of nitrogens with one attached hydrogen (secondary N) is 1. The molecule has 2 aromatic rings. The molecule has 0 fully saturated rings. The van der Waals surface area contributed by atoms with Crippen LogP contribution in [0.4, 0.5) is 0 Å². The number of nitrogens with zero attached hydrogens (tertiary/aromatic N) is 1. The number of rotatable bonds is 8. The number of hydrogen-bond acceptors (Lipinski definition) is 4. The van der Waals surface area contributed by atoms with Gasteiger partial charge in [-0.25, -0.2) is 9.36 Å². The van der Waals surface area contributed by atoms with Crippen molar-refractivity contribution < 1.29 is 23.6 Å². The van der Waals surface area contributed by atoms with Gasteiger partial charge < -0.3 is 14.8 Å². The van der Waals surface area contributed by atoms with Crippen molar-refractivity contribution in [2.24, 2.45) is 7.05 Å². The maximum absolute atomic E-state index is 12.3. The first-order valence-corrected chi connectivity index (χ1v) is 9.74. The molecular formula is C23H31N2O4+. The number of esters is 1. The third-order valence-corrected chi connectivity index (χ3v) is 4.51. The molecule has 0 aliphatic heterocycles. The molecule has 0 saturated carbocycles. The van der Waals surface area contributed by atoms with Crippen LogP contribution in [0, 0.1) is 6.92 Å². The van der Waals surface area contributed by atoms with Crippen LogP contribution in [-0.4, -0.2) is 30.6 Å². The smallest absolute Gasteiger partial charge is 0.344 e. The van der Waals surface area contributed by atoms with Crippen LogP contribution < -0.4 is 14.6 Å². The summed E-state index contributed by atoms with van der Waals surface area (Å²) in [4.78, 5) is 24.4. The second kappa shape index (κ2) is 9.54. The Labute approximate surface area is 172 Å². The van der Waals surface area contributed by atoms with Crippen LogP contribution in [0.2, 0.25) is 0 Å². The molecule has 1 amide bonds. The minimum atomic E-state index is -0.708. The molecular weight excluding hydrogens is 368 g/mol. The molecule has 0 saturated heterocycles. The SMILES string of the molecule is Cc1cc(OCC(=O)OCC(C)(C)NC(=O)c2cc[n+](C)cc2)ccc1C(C)C. The molecule has 29 heavy (non-hydrogen) atoms. The average molecular weight is 400 g/mol. The summed E-state index contributed by atoms with van der Waals surface area (Å²) in [5.74, 6) is 0.368. The molecule has 0 unspecified atom stereocenters. The summed E-state index contributed by atoms with van der Waals surface area (Å²) in [6, 6.07) is 9.27. The van der Waals surface area contributed by atoms with E-state index in [4.69, 9.17) is 9.47 Å². The Morgan fingerprint density at radius 1 is 1.14 bits per heavy atom. The number of carbonyl (C=O) groups excluding carboxylic acids is 2. The molecule has 1 aromatic heterocycles. The third kappa shape index (κ3) is 6.89. The first-order valence-electron chi connectivity index (χ1n) is 9.74. The number of pyridine rings is 1. The van der Waals surface area contributed by atoms with E-state index in [0.717, 1.165) is 5.56 Å². The minimum Gasteiger partial charge on any atom is -0.482 e. The molecule has 6 heteroatoms. The van der Waals surface area contributed by atoms with E-state index in [1.807, 2.05) is 36.7 Å². The fourth-order valence-corrected chi connectivity index (χ4v) is 2.90. The van der Waals surface area contributed by atoms with Crippen LogP contribution in [0.3, 0.4) is 0 Å². The van der Waals surface area contributed by atoms with Crippen LogP contribution >= 0.6 is 0 Å². The van der Waals surface area contributed by atoms with E-state index in [-0.39, 0.29) is 19.1 Å². The molecule has 0 bridgehead atoms. The highest BCUT2D eigenvalue weighted by Gasteiger charge is 2.24. The fraction of sp³-hybridized carbons (Fsp3) is 0.435. The first kappa shape index (κ1) is 22.4. The maximum atomic E-state index is 12.3. The van der Waals surface area contributed by atoms with Gasteiger partial charge in [-0.2, -0.15) is 0 Å². The minimum absolute atomic E-state index is 0.0485. The summed E-state index contributed by atoms with van der Waals surface area (Å²) in [5.41, 5.74) is 2.22. The Morgan fingerprint density at radius 3 is 2.38 bits per heavy atom. The molecule has 0 spiro atoms. The largest absolute Gasteiger partial charge is 0.482 e. The molecule has 0 aliphatic rings. The Hall–Kier alpha value is -2.89. The van der Waals surface area contributed by atoms with Crippen molar-refractivity contribution in [2.45, 2.75) is 46.1 Å². The van der Waals surface area contributed by atoms with Crippen LogP contribution in [0.1, 0.15) is 55.1 Å². The predicted octanol–water partition coefficient (Wildman–Crippen LogP) is 3.07. The zero-order valence-corrected chi connectivity index (χ0v) is 18.1. The van der Waals surface area contributed by atoms with Crippen molar-refractivity contribution in [3.05, 3.63) is 59.4 Å². The number of benzene rings is 1. The van der Waals surface area contributed by atoms with Gasteiger partial charge in [0.25, 0.3) is 5.91 Å². The van der Waals surface area contributed by atoms with Crippen LogP contribution in [-0.2, 0) is 16.6 Å². The number of carbonyl (C=O) groups is 2. The lowest BCUT2D eigenvalue weighted by Gasteiger charge is -2.25. The second-order valence-corrected chi connectivity index (χ2v) is 8.21. The van der Waals surface area contributed by atoms with Crippen molar-refractivity contribution in [1.82, 2.24) is 5.32 Å². The molecule has 1 N–H and O–H groups in total. The third-order valence-electron chi connectivity index (χ3n) is 4.51. The number of ether oxygens (including phenoxy) is 2. The van der Waals surface area contributed by atoms with Gasteiger partial charge >= 0.3 is 5.97 Å². The van der Waals surface area contributed by atoms with Gasteiger partial charge in [0.2, 0.25) is 0 Å². The van der Waals surface area contributed by atoms with Crippen molar-refractivity contribution in [3.63, 3.8) is 0 Å². The summed E-state index contributed by atoms with van der Waals surface area (Å²) in [7, 11) is 1.88. The normalized spacial score (nSPS) is 11.3. The fourth-order valence-electron chi connectivity index (χ4n) is 2.90. The zero-order chi connectivity index (χ0) is 21.6. The molecule has 156 valence electrons. The number of aryl methyl sites for hydroxylation is 2. The van der Waals surface area contributed by atoms with Crippen LogP contribution in [0.15, 0.2) is 42.7 Å². The Balaban J connectivity index is 1.82. The van der Waals surface area contributed by atoms with Gasteiger partial charge in [-0.3, -0.25) is 4.79 Å². The summed E-state index contributed by atoms with van der Waals surface area (Å²) < 4.78 is 12.7. The van der Waals surface area contributed by atoms with E-state index in [1.165, 1.54) is 5.56 Å². The molecule has 2 rings (SSSR count). The van der Waals surface area contributed by atoms with E-state index in [1.54, 1.807) is 38.4 Å². The molecule has 1 heterocycles. The van der Waals surface area contributed by atoms with Crippen molar-refractivity contribution in [3.8, 4) is 5.75 Å². The Morgan fingerprint density at radius 2 is 1.79 bits per heavy atom. The second-order valence-electron chi connectivity index (χ2n) is 8.21. The average Bonchev–Trinajstić information content (AvgIpc) is 2.64. The van der Waals surface area contributed by atoms with Gasteiger partial charge in [0.15, 0.2) is 19.0 Å². The van der Waals surface area contributed by atoms with E-state index in [9.17, 15) is 9.59 Å². The predicted molar refractivity (Wildman–Crippen MR) is 111 cm³/mol. The summed E-state index contributed by atoms with van der Waals surface area (Å²) >= 11 is 0. The van der Waals surface area contributed by atoms with Crippen molar-refractivity contribution in [1.29, 1.82) is 0 Å². The zero-order valence-electron chi connectivity index (χ0n) is 18.1. The van der Waals surface area contributed by atoms with Gasteiger partial charge in [-0.1, -0.05) is 19.9 Å². The highest BCUT2D eigenvalue weighted by molar-refractivity contribution is 5.94. The number of aromatic nitrogens is 1. The standard InChI is InChI=1S/C23H30N2O4/c1-16(2)20-8-7-19(13-17(20)3)28-14-21(26)29-15-23(4,5)24-22(27)18-9-11-25(6)12-10-18/h7-13,16H,14-15H2,1-6H3/p+1. The van der Waals surface area contributed by atoms with Crippen molar-refractivity contribution in [2.75, 3.05) is 13.2 Å². The lowest BCUT2D eigenvalue weighted by atomic mass is 9.98. The van der Waals surface area contributed by atoms with Gasteiger partial charge in [-0.15, -0.1) is 0 Å². The number of hydrogen-bond donors (Lipinski definition) is 1. The topological polar surface area (TPSA) is 68.5 Å². The van der Waals surface area contributed by atoms with Gasteiger partial charge in [0.1, 0.15) is 19.4 Å². The quantitative estimate of drug-likeness (QED) is 0.547. The number of amides is 1. The highest BCUT2D eigenvalue weighted by atomic mass is 16.6. The molecule has 0 aliphatic carbocycles. The molecule has 1 aromatic carbocycles. The highest BCUT2D eigenvalue weighted by Crippen LogP contribution is 2.23. The molecule has 6 nitrogen and oxygen atoms in total. The monoisotopic (exact) mass is 399 g/mol. The van der Waals surface area contributed by atoms with E-state index in [0.29, 0.717) is 17.2 Å². The lowest BCUT2D eigenvalue weighted by molar-refractivity contribution is -0.671. The van der Waals surface area contributed by atoms with Gasteiger partial charge in [0.05, 0.1) is 11.1 Å². The summed E-state index contributed by atoms with van der Waals surface area (Å²) in [6.45, 7) is 9.77. The first-order chi connectivity index (χ1) is 13.6. The van der Waals surface area contributed by atoms with Gasteiger partial charge in [-0.05, 0) is 49.9 Å². The molecule has 0 atom stereocenters. The van der Waals surface area contributed by atoms with Gasteiger partial charge in [0, 0.05) is 12.1 Å². The Bertz CT molecular complexity index is 858. The van der Waals surface area contributed by atoms with E-state index in [2.05, 4.69) is 19.2 Å². The van der Waals surface area contributed by atoms with E-state index >= 15 is 0 Å². The van der Waals surface area contributed by atoms with Crippen LogP contribution in [0.25, 0.3) is 0 Å². The summed E-state index contributed by atoms with van der Waals surface area (Å²) in [6.07, 6.45) is 3.60. The lowest BCUT2D eigenvalue weighted by Crippen LogP contribution is -2.47. The van der Waals surface area contributed by atoms with E-state index < -0.39 is 11.5 Å².